The molecule has 1 aromatic carbocycles. The molecule has 0 radical (unpaired) electrons. The van der Waals surface area contributed by atoms with Gasteiger partial charge in [0, 0.05) is 5.70 Å². The highest BCUT2D eigenvalue weighted by molar-refractivity contribution is 5.92. The number of anilines is 1. The Morgan fingerprint density at radius 3 is 2.89 bits per heavy atom. The largest absolute Gasteiger partial charge is 0.478 e. The summed E-state index contributed by atoms with van der Waals surface area (Å²) in [4.78, 5) is 32.7. The molecule has 1 aromatic heterocycles. The van der Waals surface area contributed by atoms with E-state index in [0.717, 1.165) is 5.70 Å². The number of imidazole rings is 1. The zero-order chi connectivity index (χ0) is 20.3. The summed E-state index contributed by atoms with van der Waals surface area (Å²) in [7, 11) is 0. The average molecular weight is 382 g/mol. The summed E-state index contributed by atoms with van der Waals surface area (Å²) in [6.45, 7) is 5.95. The van der Waals surface area contributed by atoms with Crippen LogP contribution < -0.4 is 10.1 Å². The van der Waals surface area contributed by atoms with E-state index in [4.69, 9.17) is 4.74 Å². The van der Waals surface area contributed by atoms with Crippen molar-refractivity contribution in [2.45, 2.75) is 33.7 Å². The first-order valence-corrected chi connectivity index (χ1v) is 8.94. The lowest BCUT2D eigenvalue weighted by molar-refractivity contribution is 0.0695. The van der Waals surface area contributed by atoms with Crippen LogP contribution in [-0.4, -0.2) is 32.0 Å². The second-order valence-electron chi connectivity index (χ2n) is 6.31. The summed E-state index contributed by atoms with van der Waals surface area (Å²) in [5.74, 6) is -0.271. The van der Waals surface area contributed by atoms with Crippen LogP contribution in [0.15, 0.2) is 42.1 Å². The van der Waals surface area contributed by atoms with Crippen molar-refractivity contribution in [1.29, 1.82) is 0 Å². The van der Waals surface area contributed by atoms with Crippen LogP contribution in [0.5, 0.6) is 11.8 Å². The molecule has 2 heterocycles. The number of rotatable bonds is 6. The van der Waals surface area contributed by atoms with Crippen molar-refractivity contribution in [3.05, 3.63) is 58.9 Å². The van der Waals surface area contributed by atoms with Gasteiger partial charge < -0.3 is 14.8 Å². The Hall–Kier alpha value is -3.55. The number of fused-ring (bicyclic) bond motifs is 1. The number of carboxylic acids is 1. The smallest absolute Gasteiger partial charge is 0.336 e. The number of carboxylic acid groups (broad SMARTS) is 1. The van der Waals surface area contributed by atoms with E-state index >= 15 is 0 Å². The minimum atomic E-state index is -1.02. The van der Waals surface area contributed by atoms with Crippen molar-refractivity contribution in [3.8, 4) is 11.8 Å². The molecule has 0 spiro atoms. The second kappa shape index (κ2) is 7.99. The minimum absolute atomic E-state index is 0.162. The van der Waals surface area contributed by atoms with Crippen molar-refractivity contribution >= 4 is 17.8 Å². The van der Waals surface area contributed by atoms with Gasteiger partial charge in [-0.25, -0.2) is 9.59 Å². The van der Waals surface area contributed by atoms with Gasteiger partial charge in [0.1, 0.15) is 5.75 Å². The molecule has 0 bridgehead atoms. The monoisotopic (exact) mass is 382 g/mol. The van der Waals surface area contributed by atoms with Crippen LogP contribution in [0.25, 0.3) is 0 Å². The maximum atomic E-state index is 12.4. The molecule has 8 nitrogen and oxygen atoms in total. The quantitative estimate of drug-likeness (QED) is 0.641. The number of benzene rings is 1. The summed E-state index contributed by atoms with van der Waals surface area (Å²) < 4.78 is 5.67. The minimum Gasteiger partial charge on any atom is -0.478 e. The number of H-pyrrole nitrogens is 1. The number of hydrogen-bond donors (Lipinski definition) is 3. The molecular formula is C20H22N4O4. The van der Waals surface area contributed by atoms with Crippen molar-refractivity contribution in [2.24, 2.45) is 0 Å². The summed E-state index contributed by atoms with van der Waals surface area (Å²) in [5.41, 5.74) is 2.39. The highest BCUT2D eigenvalue weighted by Gasteiger charge is 2.28. The van der Waals surface area contributed by atoms with Crippen LogP contribution in [0.3, 0.4) is 0 Å². The van der Waals surface area contributed by atoms with Gasteiger partial charge in [0.25, 0.3) is 0 Å². The zero-order valence-corrected chi connectivity index (χ0v) is 15.9. The summed E-state index contributed by atoms with van der Waals surface area (Å²) in [5, 5.41) is 12.0. The second-order valence-corrected chi connectivity index (χ2v) is 6.31. The third kappa shape index (κ3) is 3.90. The van der Waals surface area contributed by atoms with Gasteiger partial charge in [-0.05, 0) is 44.0 Å². The van der Waals surface area contributed by atoms with E-state index in [1.54, 1.807) is 24.0 Å². The first-order valence-electron chi connectivity index (χ1n) is 8.94. The number of amides is 2. The van der Waals surface area contributed by atoms with Gasteiger partial charge in [0.15, 0.2) is 5.82 Å². The number of hydrogen-bond acceptors (Lipinski definition) is 4. The van der Waals surface area contributed by atoms with Crippen molar-refractivity contribution in [2.75, 3.05) is 5.32 Å². The molecule has 2 aromatic rings. The number of aryl methyl sites for hydroxylation is 1. The zero-order valence-electron chi connectivity index (χ0n) is 15.9. The highest BCUT2D eigenvalue weighted by atomic mass is 16.5. The molecule has 3 rings (SSSR count). The third-order valence-corrected chi connectivity index (χ3v) is 4.39. The van der Waals surface area contributed by atoms with E-state index < -0.39 is 5.97 Å². The van der Waals surface area contributed by atoms with E-state index in [1.807, 2.05) is 32.1 Å². The number of urea groups is 1. The standard InChI is InChI=1S/C20H22N4O4/c1-4-6-7-13(5-2)24-11-16-17(23-20(24)27)22-19(21-16)28-14-9-8-12(3)15(10-14)18(25)26/h4,6-10H,5,11H2,1-3H3,(H,21,22)(H,23,27)(H,25,26)/b6-4-,13-7+. The van der Waals surface area contributed by atoms with E-state index in [2.05, 4.69) is 15.3 Å². The van der Waals surface area contributed by atoms with Crippen LogP contribution in [0, 0.1) is 6.92 Å². The predicted molar refractivity (Wildman–Crippen MR) is 105 cm³/mol. The van der Waals surface area contributed by atoms with Crippen molar-refractivity contribution < 1.29 is 19.4 Å². The SMILES string of the molecule is C/C=C\C=C(/CC)N1Cc2[nH]c(Oc3ccc(C)c(C(=O)O)c3)nc2NC1=O. The maximum absolute atomic E-state index is 12.4. The third-order valence-electron chi connectivity index (χ3n) is 4.39. The number of carbonyl (C=O) groups excluding carboxylic acids is 1. The van der Waals surface area contributed by atoms with Crippen molar-refractivity contribution in [1.82, 2.24) is 14.9 Å². The van der Waals surface area contributed by atoms with Gasteiger partial charge in [-0.15, -0.1) is 0 Å². The number of allylic oxidation sites excluding steroid dienone is 4. The first kappa shape index (κ1) is 19.2. The van der Waals surface area contributed by atoms with E-state index in [1.165, 1.54) is 6.07 Å². The molecule has 1 aliphatic heterocycles. The molecule has 0 unspecified atom stereocenters. The van der Waals surface area contributed by atoms with Crippen LogP contribution in [0.1, 0.15) is 41.9 Å². The molecular weight excluding hydrogens is 360 g/mol. The van der Waals surface area contributed by atoms with Crippen LogP contribution in [0.2, 0.25) is 0 Å². The molecule has 146 valence electrons. The average Bonchev–Trinajstić information content (AvgIpc) is 3.04. The van der Waals surface area contributed by atoms with Crippen LogP contribution in [-0.2, 0) is 6.54 Å². The van der Waals surface area contributed by atoms with Gasteiger partial charge in [-0.1, -0.05) is 25.1 Å². The number of aromatic nitrogens is 2. The first-order chi connectivity index (χ1) is 13.4. The fourth-order valence-corrected chi connectivity index (χ4v) is 2.89. The fourth-order valence-electron chi connectivity index (χ4n) is 2.89. The lowest BCUT2D eigenvalue weighted by Crippen LogP contribution is -2.37. The summed E-state index contributed by atoms with van der Waals surface area (Å²) in [6, 6.07) is 4.71. The van der Waals surface area contributed by atoms with Gasteiger partial charge in [-0.3, -0.25) is 10.2 Å². The predicted octanol–water partition coefficient (Wildman–Crippen LogP) is 4.43. The van der Waals surface area contributed by atoms with E-state index in [9.17, 15) is 14.7 Å². The van der Waals surface area contributed by atoms with Crippen molar-refractivity contribution in [3.63, 3.8) is 0 Å². The molecule has 2 amide bonds. The number of aromatic carboxylic acids is 1. The topological polar surface area (TPSA) is 108 Å². The molecule has 28 heavy (non-hydrogen) atoms. The fraction of sp³-hybridized carbons (Fsp3) is 0.250. The molecule has 3 N–H and O–H groups in total. The summed E-state index contributed by atoms with van der Waals surface area (Å²) >= 11 is 0. The highest BCUT2D eigenvalue weighted by Crippen LogP contribution is 2.29. The number of aromatic amines is 1. The number of carbonyl (C=O) groups is 2. The van der Waals surface area contributed by atoms with Gasteiger partial charge in [0.05, 0.1) is 17.8 Å². The van der Waals surface area contributed by atoms with Gasteiger partial charge in [0.2, 0.25) is 0 Å². The Kier molecular flexibility index (Phi) is 5.49. The molecule has 0 aliphatic carbocycles. The van der Waals surface area contributed by atoms with Gasteiger partial charge in [-0.2, -0.15) is 4.98 Å². The Bertz CT molecular complexity index is 975. The van der Waals surface area contributed by atoms with Gasteiger partial charge >= 0.3 is 18.0 Å². The number of nitrogens with one attached hydrogen (secondary N) is 2. The molecule has 0 atom stereocenters. The lowest BCUT2D eigenvalue weighted by Gasteiger charge is -2.28. The Labute approximate surface area is 162 Å². The lowest BCUT2D eigenvalue weighted by atomic mass is 10.1. The summed E-state index contributed by atoms with van der Waals surface area (Å²) in [6.07, 6.45) is 6.39. The number of ether oxygens (including phenoxy) is 1. The molecule has 0 saturated heterocycles. The van der Waals surface area contributed by atoms with Crippen LogP contribution >= 0.6 is 0 Å². The number of nitrogens with zero attached hydrogens (tertiary/aromatic N) is 2. The molecule has 0 fully saturated rings. The van der Waals surface area contributed by atoms with Crippen LogP contribution in [0.4, 0.5) is 10.6 Å². The Balaban J connectivity index is 1.83. The maximum Gasteiger partial charge on any atom is 0.336 e. The van der Waals surface area contributed by atoms with E-state index in [0.29, 0.717) is 35.8 Å². The Morgan fingerprint density at radius 1 is 1.43 bits per heavy atom. The van der Waals surface area contributed by atoms with E-state index in [-0.39, 0.29) is 17.6 Å². The molecule has 8 heteroatoms. The molecule has 1 aliphatic rings. The Morgan fingerprint density at radius 2 is 2.21 bits per heavy atom. The normalized spacial score (nSPS) is 14.2. The molecule has 0 saturated carbocycles.